The van der Waals surface area contributed by atoms with E-state index in [9.17, 15) is 13.6 Å². The van der Waals surface area contributed by atoms with E-state index in [1.165, 1.54) is 18.1 Å². The first-order chi connectivity index (χ1) is 9.99. The minimum atomic E-state index is -1.19. The number of carboxylic acid groups (broad SMARTS) is 1. The van der Waals surface area contributed by atoms with Gasteiger partial charge in [0.2, 0.25) is 0 Å². The second-order valence-corrected chi connectivity index (χ2v) is 4.23. The van der Waals surface area contributed by atoms with Crippen LogP contribution in [0.2, 0.25) is 0 Å². The zero-order valence-electron chi connectivity index (χ0n) is 11.7. The number of aliphatic carboxylic acids is 1. The van der Waals surface area contributed by atoms with E-state index in [0.29, 0.717) is 13.2 Å². The molecule has 0 aromatic heterocycles. The highest BCUT2D eigenvalue weighted by atomic mass is 19.1. The number of halogens is 2. The van der Waals surface area contributed by atoms with Crippen molar-refractivity contribution in [2.24, 2.45) is 0 Å². The SMILES string of the molecule is C=CCN(CCOC)c1c(F)cc(/C=C/C(=O)O)cc1F. The van der Waals surface area contributed by atoms with Gasteiger partial charge in [-0.15, -0.1) is 6.58 Å². The highest BCUT2D eigenvalue weighted by molar-refractivity contribution is 5.85. The molecule has 1 rings (SSSR count). The Bertz CT molecular complexity index is 521. The number of methoxy groups -OCH3 is 1. The van der Waals surface area contributed by atoms with Gasteiger partial charge in [-0.2, -0.15) is 0 Å². The summed E-state index contributed by atoms with van der Waals surface area (Å²) in [4.78, 5) is 11.9. The van der Waals surface area contributed by atoms with Gasteiger partial charge in [0.25, 0.3) is 0 Å². The van der Waals surface area contributed by atoms with E-state index in [4.69, 9.17) is 9.84 Å². The van der Waals surface area contributed by atoms with Gasteiger partial charge in [0.1, 0.15) is 17.3 Å². The number of hydrogen-bond acceptors (Lipinski definition) is 3. The second kappa shape index (κ2) is 8.16. The van der Waals surface area contributed by atoms with E-state index in [2.05, 4.69) is 6.58 Å². The van der Waals surface area contributed by atoms with Crippen molar-refractivity contribution in [1.82, 2.24) is 0 Å². The van der Waals surface area contributed by atoms with Crippen molar-refractivity contribution in [3.8, 4) is 0 Å². The fraction of sp³-hybridized carbons (Fsp3) is 0.267. The molecule has 0 aliphatic heterocycles. The molecule has 1 aromatic carbocycles. The van der Waals surface area contributed by atoms with Crippen LogP contribution in [0.25, 0.3) is 6.08 Å². The lowest BCUT2D eigenvalue weighted by atomic mass is 10.1. The maximum Gasteiger partial charge on any atom is 0.328 e. The Labute approximate surface area is 121 Å². The van der Waals surface area contributed by atoms with Gasteiger partial charge in [-0.05, 0) is 23.8 Å². The highest BCUT2D eigenvalue weighted by Gasteiger charge is 2.16. The molecular weight excluding hydrogens is 280 g/mol. The van der Waals surface area contributed by atoms with Crippen LogP contribution in [0.1, 0.15) is 5.56 Å². The van der Waals surface area contributed by atoms with Gasteiger partial charge in [0.05, 0.1) is 6.61 Å². The summed E-state index contributed by atoms with van der Waals surface area (Å²) in [5.74, 6) is -2.72. The van der Waals surface area contributed by atoms with Gasteiger partial charge in [0, 0.05) is 26.3 Å². The topological polar surface area (TPSA) is 49.8 Å². The van der Waals surface area contributed by atoms with Crippen molar-refractivity contribution < 1.29 is 23.4 Å². The number of hydrogen-bond donors (Lipinski definition) is 1. The lowest BCUT2D eigenvalue weighted by Crippen LogP contribution is -2.29. The molecule has 0 amide bonds. The minimum Gasteiger partial charge on any atom is -0.478 e. The summed E-state index contributed by atoms with van der Waals surface area (Å²) in [6.07, 6.45) is 3.48. The molecule has 0 fully saturated rings. The molecule has 4 nitrogen and oxygen atoms in total. The Morgan fingerprint density at radius 2 is 2.05 bits per heavy atom. The van der Waals surface area contributed by atoms with Crippen LogP contribution in [0.3, 0.4) is 0 Å². The lowest BCUT2D eigenvalue weighted by Gasteiger charge is -2.24. The summed E-state index contributed by atoms with van der Waals surface area (Å²) in [7, 11) is 1.50. The molecule has 1 aromatic rings. The van der Waals surface area contributed by atoms with Crippen molar-refractivity contribution in [2.45, 2.75) is 0 Å². The summed E-state index contributed by atoms with van der Waals surface area (Å²) in [5.41, 5.74) is -0.0409. The van der Waals surface area contributed by atoms with Crippen molar-refractivity contribution in [1.29, 1.82) is 0 Å². The summed E-state index contributed by atoms with van der Waals surface area (Å²) in [6, 6.07) is 2.17. The van der Waals surface area contributed by atoms with Crippen LogP contribution in [0.4, 0.5) is 14.5 Å². The first kappa shape index (κ1) is 16.8. The Morgan fingerprint density at radius 3 is 2.52 bits per heavy atom. The molecule has 0 bridgehead atoms. The molecule has 0 aliphatic carbocycles. The van der Waals surface area contributed by atoms with Crippen LogP contribution in [0.15, 0.2) is 30.9 Å². The average molecular weight is 297 g/mol. The van der Waals surface area contributed by atoms with Gasteiger partial charge in [-0.25, -0.2) is 13.6 Å². The van der Waals surface area contributed by atoms with E-state index < -0.39 is 17.6 Å². The molecule has 21 heavy (non-hydrogen) atoms. The molecule has 0 saturated carbocycles. The normalized spacial score (nSPS) is 10.8. The zero-order valence-corrected chi connectivity index (χ0v) is 11.7. The third-order valence-electron chi connectivity index (χ3n) is 2.69. The number of benzene rings is 1. The predicted molar refractivity (Wildman–Crippen MR) is 77.3 cm³/mol. The number of rotatable bonds is 8. The molecule has 0 heterocycles. The van der Waals surface area contributed by atoms with Crippen molar-refractivity contribution >= 4 is 17.7 Å². The Morgan fingerprint density at radius 1 is 1.43 bits per heavy atom. The summed E-state index contributed by atoms with van der Waals surface area (Å²) >= 11 is 0. The minimum absolute atomic E-state index is 0.140. The van der Waals surface area contributed by atoms with Gasteiger partial charge in [-0.3, -0.25) is 0 Å². The summed E-state index contributed by atoms with van der Waals surface area (Å²) in [5, 5.41) is 8.52. The molecule has 1 N–H and O–H groups in total. The quantitative estimate of drug-likeness (QED) is 0.592. The van der Waals surface area contributed by atoms with Crippen molar-refractivity contribution in [3.05, 3.63) is 48.1 Å². The fourth-order valence-electron chi connectivity index (χ4n) is 1.80. The largest absolute Gasteiger partial charge is 0.478 e. The number of carbonyl (C=O) groups is 1. The molecule has 0 spiro atoms. The summed E-state index contributed by atoms with van der Waals surface area (Å²) < 4.78 is 33.1. The molecule has 0 saturated heterocycles. The molecule has 6 heteroatoms. The molecule has 0 radical (unpaired) electrons. The second-order valence-electron chi connectivity index (χ2n) is 4.23. The highest BCUT2D eigenvalue weighted by Crippen LogP contribution is 2.25. The number of ether oxygens (including phenoxy) is 1. The van der Waals surface area contributed by atoms with E-state index >= 15 is 0 Å². The zero-order chi connectivity index (χ0) is 15.8. The van der Waals surface area contributed by atoms with Crippen LogP contribution in [-0.2, 0) is 9.53 Å². The van der Waals surface area contributed by atoms with Gasteiger partial charge < -0.3 is 14.7 Å². The Kier molecular flexibility index (Phi) is 6.55. The van der Waals surface area contributed by atoms with Crippen LogP contribution in [0.5, 0.6) is 0 Å². The van der Waals surface area contributed by atoms with E-state index in [1.807, 2.05) is 0 Å². The maximum absolute atomic E-state index is 14.1. The number of nitrogens with zero attached hydrogens (tertiary/aromatic N) is 1. The molecule has 0 atom stereocenters. The average Bonchev–Trinajstić information content (AvgIpc) is 2.41. The van der Waals surface area contributed by atoms with Crippen LogP contribution < -0.4 is 4.90 Å². The number of carboxylic acids is 1. The van der Waals surface area contributed by atoms with Gasteiger partial charge >= 0.3 is 5.97 Å². The first-order valence-electron chi connectivity index (χ1n) is 6.24. The predicted octanol–water partition coefficient (Wildman–Crippen LogP) is 2.70. The standard InChI is InChI=1S/C15H17F2NO3/c1-3-6-18(7-8-21-2)15-12(16)9-11(10-13(15)17)4-5-14(19)20/h3-5,9-10H,1,6-8H2,2H3,(H,19,20)/b5-4+. The first-order valence-corrected chi connectivity index (χ1v) is 6.24. The van der Waals surface area contributed by atoms with Crippen LogP contribution >= 0.6 is 0 Å². The van der Waals surface area contributed by atoms with Crippen LogP contribution in [0, 0.1) is 11.6 Å². The monoisotopic (exact) mass is 297 g/mol. The van der Waals surface area contributed by atoms with Crippen molar-refractivity contribution in [2.75, 3.05) is 31.7 Å². The van der Waals surface area contributed by atoms with Crippen molar-refractivity contribution in [3.63, 3.8) is 0 Å². The molecule has 114 valence electrons. The lowest BCUT2D eigenvalue weighted by molar-refractivity contribution is -0.131. The Hall–Kier alpha value is -2.21. The smallest absolute Gasteiger partial charge is 0.328 e. The summed E-state index contributed by atoms with van der Waals surface area (Å²) in [6.45, 7) is 4.44. The van der Waals surface area contributed by atoms with E-state index in [-0.39, 0.29) is 17.8 Å². The van der Waals surface area contributed by atoms with Gasteiger partial charge in [-0.1, -0.05) is 6.08 Å². The van der Waals surface area contributed by atoms with E-state index in [1.54, 1.807) is 0 Å². The number of anilines is 1. The Balaban J connectivity index is 3.11. The fourth-order valence-corrected chi connectivity index (χ4v) is 1.80. The third kappa shape index (κ3) is 5.00. The third-order valence-corrected chi connectivity index (χ3v) is 2.69. The van der Waals surface area contributed by atoms with E-state index in [0.717, 1.165) is 24.3 Å². The maximum atomic E-state index is 14.1. The van der Waals surface area contributed by atoms with Gasteiger partial charge in [0.15, 0.2) is 0 Å². The molecule has 0 aliphatic rings. The molecule has 0 unspecified atom stereocenters. The molecular formula is C15H17F2NO3. The van der Waals surface area contributed by atoms with Crippen LogP contribution in [-0.4, -0.2) is 37.9 Å².